The summed E-state index contributed by atoms with van der Waals surface area (Å²) in [6.45, 7) is 3.71. The maximum atomic E-state index is 8.94. The summed E-state index contributed by atoms with van der Waals surface area (Å²) in [6, 6.07) is 0. The van der Waals surface area contributed by atoms with Crippen molar-refractivity contribution in [1.82, 2.24) is 10.2 Å². The van der Waals surface area contributed by atoms with E-state index < -0.39 is 0 Å². The lowest BCUT2D eigenvalue weighted by Gasteiger charge is -2.19. The quantitative estimate of drug-likeness (QED) is 0.291. The van der Waals surface area contributed by atoms with Gasteiger partial charge in [-0.25, -0.2) is 0 Å². The van der Waals surface area contributed by atoms with Crippen molar-refractivity contribution in [3.8, 4) is 5.88 Å². The average Bonchev–Trinajstić information content (AvgIpc) is 2.71. The lowest BCUT2D eigenvalue weighted by molar-refractivity contribution is 0.173. The van der Waals surface area contributed by atoms with Crippen LogP contribution in [-0.2, 0) is 0 Å². The molecule has 6 nitrogen and oxygen atoms in total. The van der Waals surface area contributed by atoms with Gasteiger partial charge in [0.15, 0.2) is 5.84 Å². The van der Waals surface area contributed by atoms with Crippen LogP contribution >= 0.6 is 0 Å². The normalized spacial score (nSPS) is 17.8. The minimum atomic E-state index is 0.0177. The van der Waals surface area contributed by atoms with E-state index >= 15 is 0 Å². The minimum Gasteiger partial charge on any atom is -0.473 e. The SMILES string of the molecule is Cc1nnc(OC2CCCCCC2)c(/C(N)=N/O)c1C. The lowest BCUT2D eigenvalue weighted by atomic mass is 10.1. The van der Waals surface area contributed by atoms with Crippen molar-refractivity contribution in [2.75, 3.05) is 0 Å². The van der Waals surface area contributed by atoms with Crippen molar-refractivity contribution in [1.29, 1.82) is 0 Å². The van der Waals surface area contributed by atoms with E-state index in [1.165, 1.54) is 25.7 Å². The van der Waals surface area contributed by atoms with Crippen LogP contribution in [0.25, 0.3) is 0 Å². The smallest absolute Gasteiger partial charge is 0.245 e. The van der Waals surface area contributed by atoms with Gasteiger partial charge in [-0.1, -0.05) is 18.0 Å². The van der Waals surface area contributed by atoms with Crippen molar-refractivity contribution in [2.24, 2.45) is 10.9 Å². The number of hydrogen-bond donors (Lipinski definition) is 2. The molecule has 1 heterocycles. The van der Waals surface area contributed by atoms with Gasteiger partial charge >= 0.3 is 0 Å². The Hall–Kier alpha value is -1.85. The number of amidine groups is 1. The first-order valence-electron chi connectivity index (χ1n) is 7.12. The third-order valence-electron chi connectivity index (χ3n) is 3.87. The first kappa shape index (κ1) is 14.6. The second-order valence-electron chi connectivity index (χ2n) is 5.31. The average molecular weight is 278 g/mol. The van der Waals surface area contributed by atoms with E-state index in [0.29, 0.717) is 11.4 Å². The zero-order valence-electron chi connectivity index (χ0n) is 12.1. The summed E-state index contributed by atoms with van der Waals surface area (Å²) >= 11 is 0. The largest absolute Gasteiger partial charge is 0.473 e. The van der Waals surface area contributed by atoms with Crippen molar-refractivity contribution < 1.29 is 9.94 Å². The van der Waals surface area contributed by atoms with Crippen LogP contribution in [0.2, 0.25) is 0 Å². The number of nitrogens with two attached hydrogens (primary N) is 1. The van der Waals surface area contributed by atoms with E-state index in [4.69, 9.17) is 15.7 Å². The van der Waals surface area contributed by atoms with Gasteiger partial charge in [0.2, 0.25) is 5.88 Å². The van der Waals surface area contributed by atoms with Crippen LogP contribution in [0.4, 0.5) is 0 Å². The second-order valence-corrected chi connectivity index (χ2v) is 5.31. The molecule has 1 aliphatic rings. The van der Waals surface area contributed by atoms with Gasteiger partial charge in [0.1, 0.15) is 6.10 Å². The molecule has 0 unspecified atom stereocenters. The second kappa shape index (κ2) is 6.54. The Kier molecular flexibility index (Phi) is 4.76. The number of oxime groups is 1. The molecule has 0 bridgehead atoms. The number of rotatable bonds is 3. The van der Waals surface area contributed by atoms with Crippen molar-refractivity contribution in [2.45, 2.75) is 58.5 Å². The Bertz CT molecular complexity index is 494. The third kappa shape index (κ3) is 3.18. The van der Waals surface area contributed by atoms with E-state index in [1.807, 2.05) is 13.8 Å². The molecule has 0 radical (unpaired) electrons. The van der Waals surface area contributed by atoms with Crippen LogP contribution in [0.1, 0.15) is 55.3 Å². The predicted molar refractivity (Wildman–Crippen MR) is 76.1 cm³/mol. The molecule has 0 atom stereocenters. The summed E-state index contributed by atoms with van der Waals surface area (Å²) in [6.07, 6.45) is 7.02. The molecule has 1 aromatic heterocycles. The number of ether oxygens (including phenoxy) is 1. The summed E-state index contributed by atoms with van der Waals surface area (Å²) in [5.41, 5.74) is 7.88. The molecule has 0 spiro atoms. The van der Waals surface area contributed by atoms with Crippen molar-refractivity contribution in [3.05, 3.63) is 16.8 Å². The van der Waals surface area contributed by atoms with Crippen LogP contribution < -0.4 is 10.5 Å². The van der Waals surface area contributed by atoms with Gasteiger partial charge in [0.25, 0.3) is 0 Å². The van der Waals surface area contributed by atoms with E-state index in [9.17, 15) is 0 Å². The summed E-state index contributed by atoms with van der Waals surface area (Å²) in [7, 11) is 0. The topological polar surface area (TPSA) is 93.6 Å². The maximum Gasteiger partial charge on any atom is 0.245 e. The molecule has 110 valence electrons. The standard InChI is InChI=1S/C14H22N4O2/c1-9-10(2)16-17-14(12(9)13(15)18-19)20-11-7-5-3-4-6-8-11/h11,19H,3-8H2,1-2H3,(H2,15,18). The van der Waals surface area contributed by atoms with E-state index in [-0.39, 0.29) is 11.9 Å². The van der Waals surface area contributed by atoms with E-state index in [0.717, 1.165) is 24.1 Å². The van der Waals surface area contributed by atoms with Crippen LogP contribution in [0.5, 0.6) is 5.88 Å². The predicted octanol–water partition coefficient (Wildman–Crippen LogP) is 2.29. The molecule has 0 saturated heterocycles. The Morgan fingerprint density at radius 1 is 1.20 bits per heavy atom. The number of nitrogens with zero attached hydrogens (tertiary/aromatic N) is 3. The van der Waals surface area contributed by atoms with Gasteiger partial charge in [0.05, 0.1) is 11.3 Å². The van der Waals surface area contributed by atoms with E-state index in [1.54, 1.807) is 0 Å². The molecule has 3 N–H and O–H groups in total. The van der Waals surface area contributed by atoms with Gasteiger partial charge in [-0.05, 0) is 45.1 Å². The van der Waals surface area contributed by atoms with Gasteiger partial charge < -0.3 is 15.7 Å². The Balaban J connectivity index is 2.28. The fraction of sp³-hybridized carbons (Fsp3) is 0.643. The first-order chi connectivity index (χ1) is 9.63. The van der Waals surface area contributed by atoms with Gasteiger partial charge in [-0.3, -0.25) is 0 Å². The van der Waals surface area contributed by atoms with Gasteiger partial charge in [-0.15, -0.1) is 5.10 Å². The molecule has 2 rings (SSSR count). The molecule has 1 saturated carbocycles. The minimum absolute atomic E-state index is 0.0177. The maximum absolute atomic E-state index is 8.94. The highest BCUT2D eigenvalue weighted by atomic mass is 16.5. The van der Waals surface area contributed by atoms with Crippen LogP contribution in [0.3, 0.4) is 0 Å². The molecule has 0 aliphatic heterocycles. The number of aryl methyl sites for hydroxylation is 1. The zero-order chi connectivity index (χ0) is 14.5. The van der Waals surface area contributed by atoms with Gasteiger partial charge in [-0.2, -0.15) is 5.10 Å². The Morgan fingerprint density at radius 2 is 1.85 bits per heavy atom. The number of aromatic nitrogens is 2. The molecule has 1 aliphatic carbocycles. The molecule has 6 heteroatoms. The van der Waals surface area contributed by atoms with Crippen molar-refractivity contribution in [3.63, 3.8) is 0 Å². The zero-order valence-corrected chi connectivity index (χ0v) is 12.1. The van der Waals surface area contributed by atoms with Gasteiger partial charge in [0, 0.05) is 0 Å². The summed E-state index contributed by atoms with van der Waals surface area (Å²) in [4.78, 5) is 0. The molecule has 1 fully saturated rings. The fourth-order valence-electron chi connectivity index (χ4n) is 2.54. The highest BCUT2D eigenvalue weighted by molar-refractivity contribution is 6.00. The highest BCUT2D eigenvalue weighted by Gasteiger charge is 2.21. The summed E-state index contributed by atoms with van der Waals surface area (Å²) in [5.74, 6) is 0.388. The van der Waals surface area contributed by atoms with Crippen LogP contribution in [0, 0.1) is 13.8 Å². The molecular formula is C14H22N4O2. The lowest BCUT2D eigenvalue weighted by Crippen LogP contribution is -2.23. The van der Waals surface area contributed by atoms with Crippen LogP contribution in [-0.4, -0.2) is 27.3 Å². The summed E-state index contributed by atoms with van der Waals surface area (Å²) in [5, 5.41) is 20.2. The number of hydrogen-bond acceptors (Lipinski definition) is 5. The highest BCUT2D eigenvalue weighted by Crippen LogP contribution is 2.25. The molecular weight excluding hydrogens is 256 g/mol. The molecule has 1 aromatic rings. The van der Waals surface area contributed by atoms with Crippen molar-refractivity contribution >= 4 is 5.84 Å². The Morgan fingerprint density at radius 3 is 2.45 bits per heavy atom. The summed E-state index contributed by atoms with van der Waals surface area (Å²) < 4.78 is 5.98. The first-order valence-corrected chi connectivity index (χ1v) is 7.12. The van der Waals surface area contributed by atoms with Crippen LogP contribution in [0.15, 0.2) is 5.16 Å². The molecule has 0 aromatic carbocycles. The van der Waals surface area contributed by atoms with E-state index in [2.05, 4.69) is 15.4 Å². The Labute approximate surface area is 119 Å². The third-order valence-corrected chi connectivity index (χ3v) is 3.87. The monoisotopic (exact) mass is 278 g/mol. The molecule has 0 amide bonds. The molecule has 20 heavy (non-hydrogen) atoms. The fourth-order valence-corrected chi connectivity index (χ4v) is 2.54.